The van der Waals surface area contributed by atoms with E-state index in [0.717, 1.165) is 62.6 Å². The highest BCUT2D eigenvalue weighted by molar-refractivity contribution is 5.81. The molecule has 7 nitrogen and oxygen atoms in total. The number of fused-ring (bicyclic) bond motifs is 1. The fourth-order valence-electron chi connectivity index (χ4n) is 4.52. The van der Waals surface area contributed by atoms with Gasteiger partial charge in [-0.2, -0.15) is 0 Å². The summed E-state index contributed by atoms with van der Waals surface area (Å²) in [5, 5.41) is 0. The first kappa shape index (κ1) is 18.3. The van der Waals surface area contributed by atoms with E-state index >= 15 is 0 Å². The number of carbonyl (C=O) groups is 2. The Balaban J connectivity index is 1.40. The molecule has 0 saturated carbocycles. The summed E-state index contributed by atoms with van der Waals surface area (Å²) >= 11 is 0. The maximum Gasteiger partial charge on any atom is 0.239 e. The predicted octanol–water partition coefficient (Wildman–Crippen LogP) is 1.18. The smallest absolute Gasteiger partial charge is 0.239 e. The highest BCUT2D eigenvalue weighted by Crippen LogP contribution is 2.27. The lowest BCUT2D eigenvalue weighted by atomic mass is 10.0. The third kappa shape index (κ3) is 3.70. The average Bonchev–Trinajstić information content (AvgIpc) is 3.38. The molecule has 2 saturated heterocycles. The van der Waals surface area contributed by atoms with Gasteiger partial charge in [-0.15, -0.1) is 0 Å². The lowest BCUT2D eigenvalue weighted by Gasteiger charge is -2.28. The van der Waals surface area contributed by atoms with Gasteiger partial charge >= 0.3 is 0 Å². The van der Waals surface area contributed by atoms with E-state index in [9.17, 15) is 9.59 Å². The highest BCUT2D eigenvalue weighted by atomic mass is 16.2. The Hall–Kier alpha value is -2.02. The van der Waals surface area contributed by atoms with Gasteiger partial charge in [0.15, 0.2) is 0 Å². The fraction of sp³-hybridized carbons (Fsp3) is 0.700. The first-order valence-corrected chi connectivity index (χ1v) is 10.2. The van der Waals surface area contributed by atoms with Crippen LogP contribution in [-0.4, -0.2) is 75.2 Å². The van der Waals surface area contributed by atoms with E-state index in [4.69, 9.17) is 4.98 Å². The molecular formula is C20H29N5O2. The molecule has 0 radical (unpaired) electrons. The van der Waals surface area contributed by atoms with Crippen LogP contribution in [0.25, 0.3) is 0 Å². The topological polar surface area (TPSA) is 69.6 Å². The van der Waals surface area contributed by atoms with Crippen LogP contribution in [0.3, 0.4) is 0 Å². The van der Waals surface area contributed by atoms with Crippen molar-refractivity contribution >= 4 is 11.8 Å². The second kappa shape index (κ2) is 7.54. The highest BCUT2D eigenvalue weighted by Gasteiger charge is 2.34. The van der Waals surface area contributed by atoms with Crippen LogP contribution in [0.2, 0.25) is 0 Å². The van der Waals surface area contributed by atoms with E-state index < -0.39 is 0 Å². The Kier molecular flexibility index (Phi) is 5.12. The van der Waals surface area contributed by atoms with E-state index in [1.54, 1.807) is 6.92 Å². The minimum atomic E-state index is -0.0201. The van der Waals surface area contributed by atoms with Crippen LogP contribution in [0.5, 0.6) is 0 Å². The number of nitrogens with zero attached hydrogens (tertiary/aromatic N) is 5. The molecule has 4 rings (SSSR count). The summed E-state index contributed by atoms with van der Waals surface area (Å²) < 4.78 is 0. The van der Waals surface area contributed by atoms with Crippen molar-refractivity contribution in [3.63, 3.8) is 0 Å². The van der Waals surface area contributed by atoms with E-state index in [2.05, 4.69) is 9.88 Å². The van der Waals surface area contributed by atoms with Crippen molar-refractivity contribution in [2.24, 2.45) is 0 Å². The Bertz CT molecular complexity index is 731. The van der Waals surface area contributed by atoms with Gasteiger partial charge in [0.25, 0.3) is 0 Å². The van der Waals surface area contributed by atoms with Crippen LogP contribution in [0.1, 0.15) is 56.1 Å². The zero-order chi connectivity index (χ0) is 19.0. The summed E-state index contributed by atoms with van der Waals surface area (Å²) in [5.74, 6) is 1.42. The molecule has 0 N–H and O–H groups in total. The van der Waals surface area contributed by atoms with Crippen molar-refractivity contribution < 1.29 is 9.59 Å². The van der Waals surface area contributed by atoms with E-state index in [1.807, 2.05) is 22.9 Å². The monoisotopic (exact) mass is 371 g/mol. The molecule has 7 heteroatoms. The molecule has 2 fully saturated rings. The zero-order valence-electron chi connectivity index (χ0n) is 16.4. The fourth-order valence-corrected chi connectivity index (χ4v) is 4.52. The van der Waals surface area contributed by atoms with Crippen molar-refractivity contribution in [2.45, 2.75) is 58.0 Å². The number of hydrogen-bond acceptors (Lipinski definition) is 5. The van der Waals surface area contributed by atoms with Crippen molar-refractivity contribution in [3.05, 3.63) is 23.3 Å². The number of rotatable bonds is 3. The van der Waals surface area contributed by atoms with Gasteiger partial charge < -0.3 is 9.80 Å². The van der Waals surface area contributed by atoms with Crippen LogP contribution in [-0.2, 0) is 22.6 Å². The Morgan fingerprint density at radius 1 is 1.15 bits per heavy atom. The van der Waals surface area contributed by atoms with Gasteiger partial charge in [-0.1, -0.05) is 0 Å². The van der Waals surface area contributed by atoms with Gasteiger partial charge in [-0.25, -0.2) is 9.97 Å². The molecule has 146 valence electrons. The molecule has 0 aromatic carbocycles. The van der Waals surface area contributed by atoms with Gasteiger partial charge in [0, 0.05) is 57.2 Å². The van der Waals surface area contributed by atoms with Gasteiger partial charge in [-0.3, -0.25) is 14.5 Å². The van der Waals surface area contributed by atoms with Crippen LogP contribution in [0.4, 0.5) is 0 Å². The van der Waals surface area contributed by atoms with Crippen molar-refractivity contribution in [3.8, 4) is 0 Å². The quantitative estimate of drug-likeness (QED) is 0.798. The first-order chi connectivity index (χ1) is 13.0. The molecule has 3 aliphatic rings. The standard InChI is InChI=1S/C20H29N5O2/c1-14(23-7-3-4-8-23)20(27)25-9-5-16(12-25)19-21-11-17-13-24(15(2)26)10-6-18(17)22-19/h11,14,16H,3-10,12-13H2,1-2H3. The average molecular weight is 371 g/mol. The van der Waals surface area contributed by atoms with E-state index in [1.165, 1.54) is 12.8 Å². The number of carbonyl (C=O) groups excluding carboxylic acids is 2. The summed E-state index contributed by atoms with van der Waals surface area (Å²) in [5.41, 5.74) is 2.11. The summed E-state index contributed by atoms with van der Waals surface area (Å²) in [6.07, 6.45) is 5.99. The van der Waals surface area contributed by atoms with Crippen molar-refractivity contribution in [1.29, 1.82) is 0 Å². The summed E-state index contributed by atoms with van der Waals surface area (Å²) in [6.45, 7) is 8.56. The van der Waals surface area contributed by atoms with E-state index in [0.29, 0.717) is 6.54 Å². The van der Waals surface area contributed by atoms with Crippen LogP contribution in [0.15, 0.2) is 6.20 Å². The van der Waals surface area contributed by atoms with Gasteiger partial charge in [0.2, 0.25) is 11.8 Å². The molecule has 0 spiro atoms. The molecule has 2 atom stereocenters. The van der Waals surface area contributed by atoms with Crippen LogP contribution >= 0.6 is 0 Å². The molecule has 1 aromatic heterocycles. The summed E-state index contributed by atoms with van der Waals surface area (Å²) in [4.78, 5) is 39.9. The molecule has 4 heterocycles. The van der Waals surface area contributed by atoms with E-state index in [-0.39, 0.29) is 23.8 Å². The number of likely N-dealkylation sites (tertiary alicyclic amines) is 2. The normalized spacial score (nSPS) is 24.1. The first-order valence-electron chi connectivity index (χ1n) is 10.2. The Morgan fingerprint density at radius 2 is 1.93 bits per heavy atom. The van der Waals surface area contributed by atoms with Crippen LogP contribution in [0, 0.1) is 0 Å². The van der Waals surface area contributed by atoms with Gasteiger partial charge in [0.1, 0.15) is 5.82 Å². The molecular weight excluding hydrogens is 342 g/mol. The van der Waals surface area contributed by atoms with Gasteiger partial charge in [-0.05, 0) is 39.3 Å². The summed E-state index contributed by atoms with van der Waals surface area (Å²) in [6, 6.07) is -0.0201. The maximum absolute atomic E-state index is 12.8. The number of amides is 2. The maximum atomic E-state index is 12.8. The minimum Gasteiger partial charge on any atom is -0.341 e. The lowest BCUT2D eigenvalue weighted by molar-refractivity contribution is -0.135. The lowest BCUT2D eigenvalue weighted by Crippen LogP contribution is -2.45. The molecule has 2 unspecified atom stereocenters. The predicted molar refractivity (Wildman–Crippen MR) is 101 cm³/mol. The third-order valence-electron chi connectivity index (χ3n) is 6.31. The van der Waals surface area contributed by atoms with Crippen molar-refractivity contribution in [2.75, 3.05) is 32.7 Å². The largest absolute Gasteiger partial charge is 0.341 e. The second-order valence-electron chi connectivity index (χ2n) is 8.08. The second-order valence-corrected chi connectivity index (χ2v) is 8.08. The van der Waals surface area contributed by atoms with Gasteiger partial charge in [0.05, 0.1) is 11.7 Å². The molecule has 1 aromatic rings. The minimum absolute atomic E-state index is 0.0201. The Labute approximate surface area is 160 Å². The third-order valence-corrected chi connectivity index (χ3v) is 6.31. The molecule has 3 aliphatic heterocycles. The molecule has 0 bridgehead atoms. The Morgan fingerprint density at radius 3 is 2.67 bits per heavy atom. The SMILES string of the molecule is CC(=O)N1CCc2nc(C3CCN(C(=O)C(C)N4CCCC4)C3)ncc2C1. The number of aromatic nitrogens is 2. The molecule has 2 amide bonds. The molecule has 0 aliphatic carbocycles. The van der Waals surface area contributed by atoms with Crippen molar-refractivity contribution in [1.82, 2.24) is 24.7 Å². The molecule has 27 heavy (non-hydrogen) atoms. The summed E-state index contributed by atoms with van der Waals surface area (Å²) in [7, 11) is 0. The van der Waals surface area contributed by atoms with Crippen LogP contribution < -0.4 is 0 Å². The zero-order valence-corrected chi connectivity index (χ0v) is 16.4. The number of hydrogen-bond donors (Lipinski definition) is 0.